The molecule has 0 radical (unpaired) electrons. The molecule has 1 saturated heterocycles. The highest BCUT2D eigenvalue weighted by molar-refractivity contribution is 7.22. The molecule has 0 spiro atoms. The summed E-state index contributed by atoms with van der Waals surface area (Å²) < 4.78 is 19.4. The van der Waals surface area contributed by atoms with Crippen LogP contribution in [0.1, 0.15) is 30.4 Å². The SMILES string of the molecule is Fc1ccc2nc(NCCc3nc(C4CCOCC4)n[nH]3)sc2c1. The molecule has 0 amide bonds. The average Bonchev–Trinajstić information content (AvgIpc) is 3.22. The molecule has 0 saturated carbocycles. The van der Waals surface area contributed by atoms with E-state index in [4.69, 9.17) is 4.74 Å². The molecule has 8 heteroatoms. The predicted molar refractivity (Wildman–Crippen MR) is 90.9 cm³/mol. The number of hydrogen-bond acceptors (Lipinski definition) is 6. The third-order valence-electron chi connectivity index (χ3n) is 4.12. The fourth-order valence-corrected chi connectivity index (χ4v) is 3.74. The zero-order chi connectivity index (χ0) is 16.4. The fraction of sp³-hybridized carbons (Fsp3) is 0.438. The van der Waals surface area contributed by atoms with Gasteiger partial charge in [0.25, 0.3) is 0 Å². The van der Waals surface area contributed by atoms with Crippen molar-refractivity contribution in [1.29, 1.82) is 0 Å². The van der Waals surface area contributed by atoms with Crippen LogP contribution in [0.25, 0.3) is 10.2 Å². The van der Waals surface area contributed by atoms with Gasteiger partial charge in [-0.25, -0.2) is 14.4 Å². The zero-order valence-electron chi connectivity index (χ0n) is 13.1. The molecule has 126 valence electrons. The highest BCUT2D eigenvalue weighted by Gasteiger charge is 2.19. The summed E-state index contributed by atoms with van der Waals surface area (Å²) in [6.07, 6.45) is 2.70. The number of fused-ring (bicyclic) bond motifs is 1. The van der Waals surface area contributed by atoms with Gasteiger partial charge in [-0.15, -0.1) is 0 Å². The summed E-state index contributed by atoms with van der Waals surface area (Å²) in [5.41, 5.74) is 0.811. The maximum atomic E-state index is 13.2. The molecule has 1 aliphatic heterocycles. The molecule has 1 aromatic carbocycles. The van der Waals surface area contributed by atoms with Crippen molar-refractivity contribution < 1.29 is 9.13 Å². The molecule has 1 aliphatic rings. The summed E-state index contributed by atoms with van der Waals surface area (Å²) in [4.78, 5) is 9.03. The van der Waals surface area contributed by atoms with E-state index in [0.717, 1.165) is 59.5 Å². The summed E-state index contributed by atoms with van der Waals surface area (Å²) in [5.74, 6) is 1.93. The number of hydrogen-bond donors (Lipinski definition) is 2. The Morgan fingerprint density at radius 3 is 3.04 bits per heavy atom. The summed E-state index contributed by atoms with van der Waals surface area (Å²) in [6.45, 7) is 2.27. The minimum atomic E-state index is -0.236. The summed E-state index contributed by atoms with van der Waals surface area (Å²) in [7, 11) is 0. The van der Waals surface area contributed by atoms with Crippen molar-refractivity contribution in [3.8, 4) is 0 Å². The van der Waals surface area contributed by atoms with Crippen LogP contribution in [-0.2, 0) is 11.2 Å². The molecule has 0 unspecified atom stereocenters. The first kappa shape index (κ1) is 15.5. The van der Waals surface area contributed by atoms with Crippen LogP contribution in [-0.4, -0.2) is 39.9 Å². The quantitative estimate of drug-likeness (QED) is 0.742. The number of rotatable bonds is 5. The van der Waals surface area contributed by atoms with Crippen LogP contribution >= 0.6 is 11.3 Å². The van der Waals surface area contributed by atoms with Gasteiger partial charge in [0.1, 0.15) is 11.6 Å². The number of thiazole rings is 1. The Morgan fingerprint density at radius 1 is 1.29 bits per heavy atom. The third kappa shape index (κ3) is 3.39. The normalized spacial score (nSPS) is 15.9. The van der Waals surface area contributed by atoms with Crippen molar-refractivity contribution in [3.05, 3.63) is 35.7 Å². The second-order valence-electron chi connectivity index (χ2n) is 5.83. The number of aromatic nitrogens is 4. The molecule has 3 aromatic rings. The number of halogens is 1. The van der Waals surface area contributed by atoms with Crippen molar-refractivity contribution in [2.75, 3.05) is 25.1 Å². The summed E-state index contributed by atoms with van der Waals surface area (Å²) >= 11 is 1.45. The molecular formula is C16H18FN5OS. The van der Waals surface area contributed by atoms with Crippen molar-refractivity contribution in [2.24, 2.45) is 0 Å². The number of H-pyrrole nitrogens is 1. The Morgan fingerprint density at radius 2 is 2.17 bits per heavy atom. The van der Waals surface area contributed by atoms with E-state index in [-0.39, 0.29) is 5.82 Å². The standard InChI is InChI=1S/C16H18FN5OS/c17-11-1-2-12-13(9-11)24-16(19-12)18-6-3-14-20-15(22-21-14)10-4-7-23-8-5-10/h1-2,9-10H,3-8H2,(H,18,19)(H,20,21,22). The van der Waals surface area contributed by atoms with Crippen LogP contribution in [0.3, 0.4) is 0 Å². The first-order valence-electron chi connectivity index (χ1n) is 8.07. The number of nitrogens with zero attached hydrogens (tertiary/aromatic N) is 3. The molecule has 1 fully saturated rings. The Hall–Kier alpha value is -2.06. The van der Waals surface area contributed by atoms with Crippen molar-refractivity contribution >= 4 is 26.7 Å². The smallest absolute Gasteiger partial charge is 0.183 e. The number of benzene rings is 1. The van der Waals surface area contributed by atoms with E-state index in [9.17, 15) is 4.39 Å². The van der Waals surface area contributed by atoms with Crippen LogP contribution in [0.15, 0.2) is 18.2 Å². The van der Waals surface area contributed by atoms with Gasteiger partial charge in [-0.2, -0.15) is 5.10 Å². The second kappa shape index (κ2) is 6.82. The number of aromatic amines is 1. The van der Waals surface area contributed by atoms with Gasteiger partial charge in [0, 0.05) is 32.1 Å². The van der Waals surface area contributed by atoms with E-state index >= 15 is 0 Å². The Labute approximate surface area is 142 Å². The topological polar surface area (TPSA) is 75.7 Å². The highest BCUT2D eigenvalue weighted by atomic mass is 32.1. The van der Waals surface area contributed by atoms with E-state index < -0.39 is 0 Å². The van der Waals surface area contributed by atoms with Gasteiger partial charge in [-0.05, 0) is 31.0 Å². The van der Waals surface area contributed by atoms with Gasteiger partial charge in [0.15, 0.2) is 11.0 Å². The minimum absolute atomic E-state index is 0.236. The number of nitrogens with one attached hydrogen (secondary N) is 2. The second-order valence-corrected chi connectivity index (χ2v) is 6.87. The predicted octanol–water partition coefficient (Wildman–Crippen LogP) is 3.10. The molecule has 0 atom stereocenters. The number of anilines is 1. The zero-order valence-corrected chi connectivity index (χ0v) is 13.9. The minimum Gasteiger partial charge on any atom is -0.381 e. The Bertz CT molecular complexity index is 827. The lowest BCUT2D eigenvalue weighted by Gasteiger charge is -2.18. The van der Waals surface area contributed by atoms with Crippen molar-refractivity contribution in [3.63, 3.8) is 0 Å². The molecular weight excluding hydrogens is 329 g/mol. The lowest BCUT2D eigenvalue weighted by Crippen LogP contribution is -2.15. The van der Waals surface area contributed by atoms with E-state index in [1.165, 1.54) is 23.5 Å². The maximum absolute atomic E-state index is 13.2. The van der Waals surface area contributed by atoms with E-state index in [0.29, 0.717) is 12.5 Å². The van der Waals surface area contributed by atoms with E-state index in [2.05, 4.69) is 25.5 Å². The van der Waals surface area contributed by atoms with Gasteiger partial charge in [0.2, 0.25) is 0 Å². The third-order valence-corrected chi connectivity index (χ3v) is 5.10. The largest absolute Gasteiger partial charge is 0.381 e. The monoisotopic (exact) mass is 347 g/mol. The molecule has 0 aliphatic carbocycles. The highest BCUT2D eigenvalue weighted by Crippen LogP contribution is 2.26. The first-order chi connectivity index (χ1) is 11.8. The van der Waals surface area contributed by atoms with Gasteiger partial charge in [-0.3, -0.25) is 5.10 Å². The molecule has 3 heterocycles. The van der Waals surface area contributed by atoms with Crippen LogP contribution < -0.4 is 5.32 Å². The van der Waals surface area contributed by atoms with Crippen molar-refractivity contribution in [1.82, 2.24) is 20.2 Å². The average molecular weight is 347 g/mol. The molecule has 24 heavy (non-hydrogen) atoms. The molecule has 4 rings (SSSR count). The molecule has 2 aromatic heterocycles. The van der Waals surface area contributed by atoms with Crippen LogP contribution in [0.2, 0.25) is 0 Å². The number of ether oxygens (including phenoxy) is 1. The Balaban J connectivity index is 1.34. The van der Waals surface area contributed by atoms with E-state index in [1.54, 1.807) is 6.07 Å². The Kier molecular flexibility index (Phi) is 4.40. The molecule has 6 nitrogen and oxygen atoms in total. The maximum Gasteiger partial charge on any atom is 0.183 e. The van der Waals surface area contributed by atoms with Gasteiger partial charge in [0.05, 0.1) is 10.2 Å². The summed E-state index contributed by atoms with van der Waals surface area (Å²) in [5, 5.41) is 11.4. The van der Waals surface area contributed by atoms with Crippen molar-refractivity contribution in [2.45, 2.75) is 25.2 Å². The fourth-order valence-electron chi connectivity index (χ4n) is 2.82. The van der Waals surface area contributed by atoms with Gasteiger partial charge in [-0.1, -0.05) is 11.3 Å². The van der Waals surface area contributed by atoms with Gasteiger partial charge < -0.3 is 10.1 Å². The van der Waals surface area contributed by atoms with Crippen LogP contribution in [0, 0.1) is 5.82 Å². The molecule has 2 N–H and O–H groups in total. The molecule has 0 bridgehead atoms. The van der Waals surface area contributed by atoms with Crippen LogP contribution in [0.5, 0.6) is 0 Å². The lowest BCUT2D eigenvalue weighted by molar-refractivity contribution is 0.0836. The van der Waals surface area contributed by atoms with E-state index in [1.807, 2.05) is 0 Å². The first-order valence-corrected chi connectivity index (χ1v) is 8.88. The lowest BCUT2D eigenvalue weighted by atomic mass is 10.00. The van der Waals surface area contributed by atoms with Gasteiger partial charge >= 0.3 is 0 Å². The van der Waals surface area contributed by atoms with Crippen LogP contribution in [0.4, 0.5) is 9.52 Å². The summed E-state index contributed by atoms with van der Waals surface area (Å²) in [6, 6.07) is 4.63.